The number of rotatable bonds is 4. The van der Waals surface area contributed by atoms with Crippen molar-refractivity contribution in [1.82, 2.24) is 0 Å². The summed E-state index contributed by atoms with van der Waals surface area (Å²) in [7, 11) is 0. The average Bonchev–Trinajstić information content (AvgIpc) is 2.42. The van der Waals surface area contributed by atoms with E-state index in [4.69, 9.17) is 5.73 Å². The van der Waals surface area contributed by atoms with Gasteiger partial charge in [-0.1, -0.05) is 0 Å². The molecule has 0 atom stereocenters. The van der Waals surface area contributed by atoms with Gasteiger partial charge in [0.1, 0.15) is 17.9 Å². The van der Waals surface area contributed by atoms with Gasteiger partial charge in [-0.05, 0) is 74.2 Å². The Labute approximate surface area is 146 Å². The summed E-state index contributed by atoms with van der Waals surface area (Å²) in [6, 6.07) is 6.21. The number of aryl methyl sites for hydroxylation is 4. The van der Waals surface area contributed by atoms with Crippen LogP contribution in [-0.2, 0) is 9.59 Å². The Morgan fingerprint density at radius 2 is 1.16 bits per heavy atom. The number of primary amides is 1. The Balaban J connectivity index is 2.77. The zero-order chi connectivity index (χ0) is 18.9. The summed E-state index contributed by atoms with van der Waals surface area (Å²) in [5.41, 5.74) is 9.12. The molecular formula is C19H22N2O4. The summed E-state index contributed by atoms with van der Waals surface area (Å²) in [4.78, 5) is 25.6. The van der Waals surface area contributed by atoms with Crippen molar-refractivity contribution in [3.8, 4) is 11.5 Å². The van der Waals surface area contributed by atoms with Gasteiger partial charge in [-0.25, -0.2) is 0 Å². The second-order valence-corrected chi connectivity index (χ2v) is 6.23. The lowest BCUT2D eigenvalue weighted by Gasteiger charge is -2.29. The third-order valence-electron chi connectivity index (χ3n) is 3.97. The quantitative estimate of drug-likeness (QED) is 0.743. The molecule has 6 heteroatoms. The first-order valence-electron chi connectivity index (χ1n) is 7.83. The molecule has 0 spiro atoms. The van der Waals surface area contributed by atoms with Gasteiger partial charge in [0.15, 0.2) is 0 Å². The molecule has 0 aromatic heterocycles. The summed E-state index contributed by atoms with van der Waals surface area (Å²) in [6.07, 6.45) is -0.445. The lowest BCUT2D eigenvalue weighted by atomic mass is 10.0. The average molecular weight is 342 g/mol. The normalized spacial score (nSPS) is 10.6. The van der Waals surface area contributed by atoms with E-state index in [2.05, 4.69) is 0 Å². The number of nitrogens with two attached hydrogens (primary N) is 1. The number of carbonyl (C=O) groups is 2. The fraction of sp³-hybridized carbons (Fsp3) is 0.263. The van der Waals surface area contributed by atoms with E-state index in [0.717, 1.165) is 0 Å². The van der Waals surface area contributed by atoms with Crippen LogP contribution in [0.1, 0.15) is 28.7 Å². The molecular weight excluding hydrogens is 320 g/mol. The lowest BCUT2D eigenvalue weighted by molar-refractivity contribution is -0.125. The van der Waals surface area contributed by atoms with Crippen LogP contribution in [0.4, 0.5) is 11.4 Å². The summed E-state index contributed by atoms with van der Waals surface area (Å²) < 4.78 is 0. The van der Waals surface area contributed by atoms with Crippen LogP contribution in [0.15, 0.2) is 24.3 Å². The van der Waals surface area contributed by atoms with Gasteiger partial charge in [-0.3, -0.25) is 14.5 Å². The second kappa shape index (κ2) is 6.84. The Bertz CT molecular complexity index is 755. The van der Waals surface area contributed by atoms with Crippen molar-refractivity contribution in [2.75, 3.05) is 4.90 Å². The summed E-state index contributed by atoms with van der Waals surface area (Å²) in [5, 5.41) is 19.6. The molecule has 0 fully saturated rings. The number of aromatic hydroxyl groups is 2. The molecule has 0 heterocycles. The van der Waals surface area contributed by atoms with Gasteiger partial charge in [0.2, 0.25) is 11.8 Å². The maximum atomic E-state index is 12.8. The molecule has 2 amide bonds. The maximum absolute atomic E-state index is 12.8. The molecule has 0 unspecified atom stereocenters. The van der Waals surface area contributed by atoms with Crippen molar-refractivity contribution in [2.45, 2.75) is 34.1 Å². The van der Waals surface area contributed by atoms with Crippen LogP contribution in [0, 0.1) is 27.7 Å². The first-order valence-corrected chi connectivity index (χ1v) is 7.83. The number of hydrogen-bond acceptors (Lipinski definition) is 4. The first kappa shape index (κ1) is 18.3. The molecule has 0 bridgehead atoms. The number of carbonyl (C=O) groups excluding carboxylic acids is 2. The minimum absolute atomic E-state index is 0.0974. The fourth-order valence-corrected chi connectivity index (χ4v) is 3.16. The third-order valence-corrected chi connectivity index (χ3v) is 3.97. The molecule has 0 aliphatic carbocycles. The Hall–Kier alpha value is -3.02. The van der Waals surface area contributed by atoms with Crippen molar-refractivity contribution in [3.05, 3.63) is 46.5 Å². The molecule has 6 nitrogen and oxygen atoms in total. The minimum atomic E-state index is -0.724. The third kappa shape index (κ3) is 3.74. The van der Waals surface area contributed by atoms with Crippen LogP contribution in [0.25, 0.3) is 0 Å². The zero-order valence-corrected chi connectivity index (χ0v) is 14.8. The highest BCUT2D eigenvalue weighted by Crippen LogP contribution is 2.39. The van der Waals surface area contributed by atoms with E-state index in [1.54, 1.807) is 52.0 Å². The van der Waals surface area contributed by atoms with Crippen molar-refractivity contribution in [2.24, 2.45) is 5.73 Å². The van der Waals surface area contributed by atoms with Crippen LogP contribution >= 0.6 is 0 Å². The SMILES string of the molecule is Cc1cc(O)cc(C)c1N(C(=O)CC(N)=O)c1c(C)cc(O)cc1C. The van der Waals surface area contributed by atoms with Gasteiger partial charge in [0, 0.05) is 0 Å². The molecule has 0 radical (unpaired) electrons. The highest BCUT2D eigenvalue weighted by Gasteiger charge is 2.26. The van der Waals surface area contributed by atoms with E-state index in [9.17, 15) is 19.8 Å². The molecule has 0 aliphatic rings. The highest BCUT2D eigenvalue weighted by molar-refractivity contribution is 6.10. The number of phenols is 2. The van der Waals surface area contributed by atoms with Gasteiger partial charge in [-0.15, -0.1) is 0 Å². The number of anilines is 2. The minimum Gasteiger partial charge on any atom is -0.508 e. The largest absolute Gasteiger partial charge is 0.508 e. The van der Waals surface area contributed by atoms with Crippen LogP contribution in [0.2, 0.25) is 0 Å². The van der Waals surface area contributed by atoms with E-state index in [-0.39, 0.29) is 11.5 Å². The number of benzene rings is 2. The molecule has 0 saturated carbocycles. The van der Waals surface area contributed by atoms with Gasteiger partial charge in [0.25, 0.3) is 0 Å². The van der Waals surface area contributed by atoms with E-state index in [1.807, 2.05) is 0 Å². The standard InChI is InChI=1S/C19H22N2O4/c1-10-5-14(22)6-11(2)18(10)21(17(25)9-16(20)24)19-12(3)7-15(23)8-13(19)4/h5-8,22-23H,9H2,1-4H3,(H2,20,24). The van der Waals surface area contributed by atoms with Crippen molar-refractivity contribution in [3.63, 3.8) is 0 Å². The monoisotopic (exact) mass is 342 g/mol. The molecule has 4 N–H and O–H groups in total. The molecule has 25 heavy (non-hydrogen) atoms. The van der Waals surface area contributed by atoms with E-state index >= 15 is 0 Å². The van der Waals surface area contributed by atoms with Crippen molar-refractivity contribution >= 4 is 23.2 Å². The predicted molar refractivity (Wildman–Crippen MR) is 96.1 cm³/mol. The predicted octanol–water partition coefficient (Wildman–Crippen LogP) is 2.87. The van der Waals surface area contributed by atoms with Crippen LogP contribution in [0.3, 0.4) is 0 Å². The Morgan fingerprint density at radius 3 is 1.44 bits per heavy atom. The highest BCUT2D eigenvalue weighted by atomic mass is 16.3. The van der Waals surface area contributed by atoms with Gasteiger partial charge in [0.05, 0.1) is 11.4 Å². The second-order valence-electron chi connectivity index (χ2n) is 6.23. The number of phenolic OH excluding ortho intramolecular Hbond substituents is 2. The fourth-order valence-electron chi connectivity index (χ4n) is 3.16. The molecule has 2 aromatic rings. The molecule has 0 aliphatic heterocycles. The molecule has 2 aromatic carbocycles. The number of nitrogens with zero attached hydrogens (tertiary/aromatic N) is 1. The molecule has 132 valence electrons. The van der Waals surface area contributed by atoms with Gasteiger partial charge in [-0.2, -0.15) is 0 Å². The Kier molecular flexibility index (Phi) is 5.02. The summed E-state index contributed by atoms with van der Waals surface area (Å²) in [5.74, 6) is -1.00. The van der Waals surface area contributed by atoms with Crippen LogP contribution in [0.5, 0.6) is 11.5 Å². The Morgan fingerprint density at radius 1 is 0.840 bits per heavy atom. The molecule has 0 saturated heterocycles. The topological polar surface area (TPSA) is 104 Å². The summed E-state index contributed by atoms with van der Waals surface area (Å²) in [6.45, 7) is 7.10. The molecule has 2 rings (SSSR count). The lowest BCUT2D eigenvalue weighted by Crippen LogP contribution is -2.32. The number of amides is 2. The van der Waals surface area contributed by atoms with Crippen molar-refractivity contribution in [1.29, 1.82) is 0 Å². The van der Waals surface area contributed by atoms with Crippen molar-refractivity contribution < 1.29 is 19.8 Å². The smallest absolute Gasteiger partial charge is 0.241 e. The van der Waals surface area contributed by atoms with Crippen LogP contribution < -0.4 is 10.6 Å². The van der Waals surface area contributed by atoms with E-state index in [1.165, 1.54) is 4.90 Å². The van der Waals surface area contributed by atoms with Gasteiger partial charge < -0.3 is 15.9 Å². The summed E-state index contributed by atoms with van der Waals surface area (Å²) >= 11 is 0. The zero-order valence-electron chi connectivity index (χ0n) is 14.8. The van der Waals surface area contributed by atoms with E-state index in [0.29, 0.717) is 33.6 Å². The van der Waals surface area contributed by atoms with Gasteiger partial charge >= 0.3 is 0 Å². The first-order chi connectivity index (χ1) is 11.6. The maximum Gasteiger partial charge on any atom is 0.241 e. The van der Waals surface area contributed by atoms with Crippen LogP contribution in [-0.4, -0.2) is 22.0 Å². The van der Waals surface area contributed by atoms with E-state index < -0.39 is 18.2 Å². The number of hydrogen-bond donors (Lipinski definition) is 3.